The van der Waals surface area contributed by atoms with Crippen molar-refractivity contribution in [3.05, 3.63) is 58.7 Å². The Morgan fingerprint density at radius 3 is 2.23 bits per heavy atom. The van der Waals surface area contributed by atoms with Gasteiger partial charge in [-0.15, -0.1) is 0 Å². The summed E-state index contributed by atoms with van der Waals surface area (Å²) in [5.41, 5.74) is 0.931. The maximum absolute atomic E-state index is 12.2. The van der Waals surface area contributed by atoms with Crippen molar-refractivity contribution >= 4 is 5.91 Å². The van der Waals surface area contributed by atoms with Gasteiger partial charge in [0.1, 0.15) is 0 Å². The van der Waals surface area contributed by atoms with Crippen LogP contribution in [0.3, 0.4) is 0 Å². The van der Waals surface area contributed by atoms with Crippen LogP contribution in [0.1, 0.15) is 27.0 Å². The van der Waals surface area contributed by atoms with Crippen molar-refractivity contribution in [3.8, 4) is 11.5 Å². The van der Waals surface area contributed by atoms with Crippen molar-refractivity contribution in [2.75, 3.05) is 14.2 Å². The van der Waals surface area contributed by atoms with Crippen molar-refractivity contribution in [3.63, 3.8) is 0 Å². The molecule has 1 aliphatic heterocycles. The summed E-state index contributed by atoms with van der Waals surface area (Å²) in [5.74, 6) is 0.562. The van der Waals surface area contributed by atoms with Crippen LogP contribution in [0.25, 0.3) is 0 Å². The van der Waals surface area contributed by atoms with Gasteiger partial charge in [-0.2, -0.15) is 0 Å². The topological polar surface area (TPSA) is 67.8 Å². The van der Waals surface area contributed by atoms with Crippen molar-refractivity contribution < 1.29 is 19.4 Å². The molecule has 2 N–H and O–H groups in total. The van der Waals surface area contributed by atoms with Crippen LogP contribution in [-0.2, 0) is 5.72 Å². The number of benzene rings is 2. The Kier molecular flexibility index (Phi) is 3.30. The van der Waals surface area contributed by atoms with E-state index in [4.69, 9.17) is 9.47 Å². The van der Waals surface area contributed by atoms with Gasteiger partial charge in [0.2, 0.25) is 0 Å². The smallest absolute Gasteiger partial charge is 0.254 e. The minimum atomic E-state index is -1.57. The lowest BCUT2D eigenvalue weighted by atomic mass is 9.93. The summed E-state index contributed by atoms with van der Waals surface area (Å²) in [7, 11) is 3.02. The molecule has 0 fully saturated rings. The number of fused-ring (bicyclic) bond motifs is 1. The van der Waals surface area contributed by atoms with Crippen LogP contribution >= 0.6 is 0 Å². The zero-order valence-electron chi connectivity index (χ0n) is 12.6. The highest BCUT2D eigenvalue weighted by Gasteiger charge is 2.43. The summed E-state index contributed by atoms with van der Waals surface area (Å²) in [5, 5.41) is 13.7. The van der Waals surface area contributed by atoms with Gasteiger partial charge in [0.05, 0.1) is 19.8 Å². The first-order valence-corrected chi connectivity index (χ1v) is 6.88. The molecule has 2 aromatic rings. The van der Waals surface area contributed by atoms with Crippen LogP contribution in [-0.4, -0.2) is 25.2 Å². The van der Waals surface area contributed by atoms with Crippen LogP contribution in [0.4, 0.5) is 0 Å². The van der Waals surface area contributed by atoms with Gasteiger partial charge in [-0.3, -0.25) is 4.79 Å². The molecule has 1 aliphatic rings. The lowest BCUT2D eigenvalue weighted by molar-refractivity contribution is 0.0475. The molecule has 22 heavy (non-hydrogen) atoms. The van der Waals surface area contributed by atoms with E-state index in [0.29, 0.717) is 28.2 Å². The first-order chi connectivity index (χ1) is 10.5. The number of nitrogens with one attached hydrogen (secondary N) is 1. The normalized spacial score (nSPS) is 19.5. The lowest BCUT2D eigenvalue weighted by Gasteiger charge is -2.25. The Bertz CT molecular complexity index is 739. The SMILES string of the molecule is COc1cc2c(cc1OC)[C@@](O)(c1ccc(C)cc1)NC2=O. The highest BCUT2D eigenvalue weighted by molar-refractivity contribution is 6.01. The standard InChI is InChI=1S/C17H17NO4/c1-10-4-6-11(7-5-10)17(20)13-9-15(22-3)14(21-2)8-12(13)16(19)18-17/h4-9,20H,1-3H3,(H,18,19)/t17-/m0/s1. The third kappa shape index (κ3) is 2.02. The minimum Gasteiger partial charge on any atom is -0.493 e. The number of carbonyl (C=O) groups is 1. The highest BCUT2D eigenvalue weighted by atomic mass is 16.5. The molecule has 0 aromatic heterocycles. The molecular formula is C17H17NO4. The number of carbonyl (C=O) groups excluding carboxylic acids is 1. The molecule has 5 nitrogen and oxygen atoms in total. The first-order valence-electron chi connectivity index (χ1n) is 6.88. The molecule has 0 spiro atoms. The Balaban J connectivity index is 2.19. The maximum Gasteiger partial charge on any atom is 0.254 e. The van der Waals surface area contributed by atoms with E-state index in [-0.39, 0.29) is 5.91 Å². The number of aliphatic hydroxyl groups is 1. The number of hydrogen-bond acceptors (Lipinski definition) is 4. The lowest BCUT2D eigenvalue weighted by Crippen LogP contribution is -2.40. The summed E-state index contributed by atoms with van der Waals surface area (Å²) in [4.78, 5) is 12.2. The highest BCUT2D eigenvalue weighted by Crippen LogP contribution is 2.41. The monoisotopic (exact) mass is 299 g/mol. The fourth-order valence-electron chi connectivity index (χ4n) is 2.69. The van der Waals surface area contributed by atoms with Crippen LogP contribution in [0.5, 0.6) is 11.5 Å². The van der Waals surface area contributed by atoms with Crippen molar-refractivity contribution in [1.29, 1.82) is 0 Å². The molecule has 1 amide bonds. The summed E-state index contributed by atoms with van der Waals surface area (Å²) in [6, 6.07) is 10.6. The van der Waals surface area contributed by atoms with Crippen LogP contribution in [0, 0.1) is 6.92 Å². The second-order valence-electron chi connectivity index (χ2n) is 5.28. The Hall–Kier alpha value is -2.53. The van der Waals surface area contributed by atoms with E-state index in [9.17, 15) is 9.90 Å². The van der Waals surface area contributed by atoms with Gasteiger partial charge in [-0.25, -0.2) is 0 Å². The fraction of sp³-hybridized carbons (Fsp3) is 0.235. The van der Waals surface area contributed by atoms with Gasteiger partial charge in [-0.1, -0.05) is 29.8 Å². The molecule has 0 aliphatic carbocycles. The molecule has 0 bridgehead atoms. The molecule has 0 radical (unpaired) electrons. The summed E-state index contributed by atoms with van der Waals surface area (Å²) < 4.78 is 10.5. The molecule has 0 unspecified atom stereocenters. The summed E-state index contributed by atoms with van der Waals surface area (Å²) in [6.07, 6.45) is 0. The molecule has 5 heteroatoms. The summed E-state index contributed by atoms with van der Waals surface area (Å²) in [6.45, 7) is 1.96. The van der Waals surface area contributed by atoms with Gasteiger partial charge < -0.3 is 19.9 Å². The summed E-state index contributed by atoms with van der Waals surface area (Å²) >= 11 is 0. The maximum atomic E-state index is 12.2. The third-order valence-electron chi connectivity index (χ3n) is 3.92. The zero-order chi connectivity index (χ0) is 15.9. The predicted molar refractivity (Wildman–Crippen MR) is 81.2 cm³/mol. The zero-order valence-corrected chi connectivity index (χ0v) is 12.6. The molecule has 2 aromatic carbocycles. The van der Waals surface area contributed by atoms with Crippen molar-refractivity contribution in [2.24, 2.45) is 0 Å². The number of hydrogen-bond donors (Lipinski definition) is 2. The van der Waals surface area contributed by atoms with Crippen molar-refractivity contribution in [1.82, 2.24) is 5.32 Å². The Morgan fingerprint density at radius 2 is 1.64 bits per heavy atom. The molecule has 114 valence electrons. The minimum absolute atomic E-state index is 0.348. The molecule has 0 saturated heterocycles. The van der Waals surface area contributed by atoms with Gasteiger partial charge in [0.25, 0.3) is 5.91 Å². The molecule has 1 heterocycles. The fourth-order valence-corrected chi connectivity index (χ4v) is 2.69. The average Bonchev–Trinajstić information content (AvgIpc) is 2.78. The molecule has 1 atom stereocenters. The second kappa shape index (κ2) is 5.03. The number of ether oxygens (including phenoxy) is 2. The third-order valence-corrected chi connectivity index (χ3v) is 3.92. The van der Waals surface area contributed by atoms with E-state index in [1.807, 2.05) is 19.1 Å². The molecule has 0 saturated carbocycles. The number of methoxy groups -OCH3 is 2. The van der Waals surface area contributed by atoms with E-state index < -0.39 is 5.72 Å². The van der Waals surface area contributed by atoms with E-state index >= 15 is 0 Å². The van der Waals surface area contributed by atoms with Gasteiger partial charge >= 0.3 is 0 Å². The number of rotatable bonds is 3. The average molecular weight is 299 g/mol. The van der Waals surface area contributed by atoms with Crippen molar-refractivity contribution in [2.45, 2.75) is 12.6 Å². The first kappa shape index (κ1) is 14.4. The molecule has 3 rings (SSSR count). The predicted octanol–water partition coefficient (Wildman–Crippen LogP) is 1.95. The Labute approximate surface area is 128 Å². The van der Waals surface area contributed by atoms with Gasteiger partial charge in [-0.05, 0) is 19.1 Å². The van der Waals surface area contributed by atoms with Gasteiger partial charge in [0.15, 0.2) is 17.2 Å². The van der Waals surface area contributed by atoms with E-state index in [2.05, 4.69) is 5.32 Å². The van der Waals surface area contributed by atoms with Crippen LogP contribution in [0.15, 0.2) is 36.4 Å². The second-order valence-corrected chi connectivity index (χ2v) is 5.28. The van der Waals surface area contributed by atoms with E-state index in [0.717, 1.165) is 5.56 Å². The van der Waals surface area contributed by atoms with E-state index in [1.165, 1.54) is 14.2 Å². The van der Waals surface area contributed by atoms with Gasteiger partial charge in [0, 0.05) is 11.1 Å². The number of aryl methyl sites for hydroxylation is 1. The van der Waals surface area contributed by atoms with Crippen LogP contribution in [0.2, 0.25) is 0 Å². The largest absolute Gasteiger partial charge is 0.493 e. The molecular weight excluding hydrogens is 282 g/mol. The number of amides is 1. The van der Waals surface area contributed by atoms with E-state index in [1.54, 1.807) is 24.3 Å². The quantitative estimate of drug-likeness (QED) is 0.909. The van der Waals surface area contributed by atoms with Crippen LogP contribution < -0.4 is 14.8 Å². The Morgan fingerprint density at radius 1 is 1.05 bits per heavy atom.